The highest BCUT2D eigenvalue weighted by molar-refractivity contribution is 5.90. The van der Waals surface area contributed by atoms with Crippen molar-refractivity contribution in [3.8, 4) is 0 Å². The Morgan fingerprint density at radius 2 is 2.05 bits per heavy atom. The van der Waals surface area contributed by atoms with Crippen LogP contribution in [0.5, 0.6) is 0 Å². The van der Waals surface area contributed by atoms with Crippen molar-refractivity contribution >= 4 is 11.9 Å². The van der Waals surface area contributed by atoms with Gasteiger partial charge in [-0.05, 0) is 17.2 Å². The maximum Gasteiger partial charge on any atom is 0.341 e. The van der Waals surface area contributed by atoms with Crippen LogP contribution >= 0.6 is 0 Å². The number of rotatable bonds is 3. The van der Waals surface area contributed by atoms with E-state index in [2.05, 4.69) is 0 Å². The van der Waals surface area contributed by atoms with E-state index in [4.69, 9.17) is 14.9 Å². The minimum absolute atomic E-state index is 0.323. The van der Waals surface area contributed by atoms with Crippen LogP contribution in [-0.2, 0) is 16.0 Å². The van der Waals surface area contributed by atoms with Crippen molar-refractivity contribution in [2.45, 2.75) is 18.4 Å². The van der Waals surface area contributed by atoms with Crippen LogP contribution in [-0.4, -0.2) is 18.0 Å². The van der Waals surface area contributed by atoms with Gasteiger partial charge < -0.3 is 14.9 Å². The number of benzene rings is 1. The summed E-state index contributed by atoms with van der Waals surface area (Å²) in [7, 11) is 0. The standard InChI is InChI=1S/C15H13NO4/c16-14(17)13-11-4-2-1-3-9(11)7-12(13)20-15(18)10-5-6-19-8-10/h1-6,8,12-13H,7H2,(H2,16,17). The number of hydrogen-bond donors (Lipinski definition) is 1. The third-order valence-corrected chi connectivity index (χ3v) is 3.50. The van der Waals surface area contributed by atoms with Gasteiger partial charge in [0.05, 0.1) is 11.8 Å². The second kappa shape index (κ2) is 4.85. The molecule has 2 atom stereocenters. The second-order valence-corrected chi connectivity index (χ2v) is 4.74. The first-order chi connectivity index (χ1) is 9.66. The van der Waals surface area contributed by atoms with Crippen molar-refractivity contribution in [3.05, 3.63) is 59.5 Å². The molecule has 0 fully saturated rings. The number of hydrogen-bond acceptors (Lipinski definition) is 4. The fourth-order valence-electron chi connectivity index (χ4n) is 2.59. The molecule has 2 N–H and O–H groups in total. The van der Waals surface area contributed by atoms with Crippen molar-refractivity contribution in [2.24, 2.45) is 5.73 Å². The average Bonchev–Trinajstić information content (AvgIpc) is 3.05. The van der Waals surface area contributed by atoms with Gasteiger partial charge in [0.1, 0.15) is 18.3 Å². The Hall–Kier alpha value is -2.56. The molecule has 0 aliphatic heterocycles. The van der Waals surface area contributed by atoms with Gasteiger partial charge in [0.2, 0.25) is 5.91 Å². The summed E-state index contributed by atoms with van der Waals surface area (Å²) >= 11 is 0. The molecular weight excluding hydrogens is 258 g/mol. The predicted molar refractivity (Wildman–Crippen MR) is 70.0 cm³/mol. The van der Waals surface area contributed by atoms with Crippen molar-refractivity contribution in [3.63, 3.8) is 0 Å². The number of carbonyl (C=O) groups excluding carboxylic acids is 2. The molecule has 1 aromatic carbocycles. The predicted octanol–water partition coefficient (Wildman–Crippen LogP) is 1.63. The number of amides is 1. The van der Waals surface area contributed by atoms with Gasteiger partial charge in [-0.3, -0.25) is 4.79 Å². The Balaban J connectivity index is 1.84. The quantitative estimate of drug-likeness (QED) is 0.860. The Labute approximate surface area is 115 Å². The number of fused-ring (bicyclic) bond motifs is 1. The summed E-state index contributed by atoms with van der Waals surface area (Å²) in [6, 6.07) is 9.00. The zero-order valence-electron chi connectivity index (χ0n) is 10.6. The fraction of sp³-hybridized carbons (Fsp3) is 0.200. The molecular formula is C15H13NO4. The first-order valence-electron chi connectivity index (χ1n) is 6.27. The molecule has 102 valence electrons. The van der Waals surface area contributed by atoms with E-state index < -0.39 is 23.9 Å². The van der Waals surface area contributed by atoms with E-state index in [1.54, 1.807) is 0 Å². The molecule has 0 bridgehead atoms. The molecule has 1 aromatic heterocycles. The third kappa shape index (κ3) is 2.07. The Morgan fingerprint density at radius 1 is 1.25 bits per heavy atom. The van der Waals surface area contributed by atoms with Crippen molar-refractivity contribution < 1.29 is 18.7 Å². The zero-order chi connectivity index (χ0) is 14.1. The molecule has 20 heavy (non-hydrogen) atoms. The van der Waals surface area contributed by atoms with Gasteiger partial charge >= 0.3 is 5.97 Å². The van der Waals surface area contributed by atoms with Gasteiger partial charge in [0.15, 0.2) is 0 Å². The van der Waals surface area contributed by atoms with Crippen molar-refractivity contribution in [1.82, 2.24) is 0 Å². The molecule has 2 aromatic rings. The number of ether oxygens (including phenoxy) is 1. The van der Waals surface area contributed by atoms with Crippen LogP contribution < -0.4 is 5.73 Å². The van der Waals surface area contributed by atoms with Gasteiger partial charge in [-0.15, -0.1) is 0 Å². The lowest BCUT2D eigenvalue weighted by Gasteiger charge is -2.17. The van der Waals surface area contributed by atoms with E-state index in [1.807, 2.05) is 24.3 Å². The second-order valence-electron chi connectivity index (χ2n) is 4.74. The van der Waals surface area contributed by atoms with Crippen LogP contribution in [0.2, 0.25) is 0 Å². The zero-order valence-corrected chi connectivity index (χ0v) is 10.6. The normalized spacial score (nSPS) is 20.4. The Morgan fingerprint density at radius 3 is 2.75 bits per heavy atom. The molecule has 0 saturated heterocycles. The molecule has 1 aliphatic rings. The van der Waals surface area contributed by atoms with E-state index in [0.29, 0.717) is 12.0 Å². The molecule has 0 saturated carbocycles. The van der Waals surface area contributed by atoms with Gasteiger partial charge in [-0.25, -0.2) is 4.79 Å². The summed E-state index contributed by atoms with van der Waals surface area (Å²) in [5.74, 6) is -1.59. The molecule has 5 nitrogen and oxygen atoms in total. The largest absolute Gasteiger partial charge is 0.472 e. The van der Waals surface area contributed by atoms with Crippen LogP contribution in [0, 0.1) is 0 Å². The number of esters is 1. The molecule has 1 amide bonds. The lowest BCUT2D eigenvalue weighted by molar-refractivity contribution is -0.121. The van der Waals surface area contributed by atoms with Gasteiger partial charge in [0.25, 0.3) is 0 Å². The summed E-state index contributed by atoms with van der Waals surface area (Å²) < 4.78 is 10.3. The fourth-order valence-corrected chi connectivity index (χ4v) is 2.59. The highest BCUT2D eigenvalue weighted by atomic mass is 16.5. The molecule has 0 radical (unpaired) electrons. The maximum absolute atomic E-state index is 11.9. The Bertz CT molecular complexity index is 648. The monoisotopic (exact) mass is 271 g/mol. The molecule has 5 heteroatoms. The first-order valence-corrected chi connectivity index (χ1v) is 6.27. The number of primary amides is 1. The summed E-state index contributed by atoms with van der Waals surface area (Å²) in [5, 5.41) is 0. The summed E-state index contributed by atoms with van der Waals surface area (Å²) in [5.41, 5.74) is 7.60. The maximum atomic E-state index is 11.9. The number of carbonyl (C=O) groups is 2. The highest BCUT2D eigenvalue weighted by Gasteiger charge is 2.38. The molecule has 1 heterocycles. The molecule has 2 unspecified atom stereocenters. The van der Waals surface area contributed by atoms with E-state index >= 15 is 0 Å². The van der Waals surface area contributed by atoms with E-state index in [9.17, 15) is 9.59 Å². The van der Waals surface area contributed by atoms with Crippen molar-refractivity contribution in [1.29, 1.82) is 0 Å². The molecule has 3 rings (SSSR count). The molecule has 1 aliphatic carbocycles. The van der Waals surface area contributed by atoms with Gasteiger partial charge in [-0.1, -0.05) is 24.3 Å². The number of furan rings is 1. The molecule has 0 spiro atoms. The number of nitrogens with two attached hydrogens (primary N) is 1. The lowest BCUT2D eigenvalue weighted by Crippen LogP contribution is -2.32. The van der Waals surface area contributed by atoms with Gasteiger partial charge in [0, 0.05) is 6.42 Å². The SMILES string of the molecule is NC(=O)C1c2ccccc2CC1OC(=O)c1ccoc1. The van der Waals surface area contributed by atoms with Gasteiger partial charge in [-0.2, -0.15) is 0 Å². The van der Waals surface area contributed by atoms with E-state index in [-0.39, 0.29) is 0 Å². The smallest absolute Gasteiger partial charge is 0.341 e. The minimum atomic E-state index is -0.595. The third-order valence-electron chi connectivity index (χ3n) is 3.50. The van der Waals surface area contributed by atoms with Crippen LogP contribution in [0.15, 0.2) is 47.3 Å². The summed E-state index contributed by atoms with van der Waals surface area (Å²) in [6.45, 7) is 0. The van der Waals surface area contributed by atoms with E-state index in [0.717, 1.165) is 11.1 Å². The summed E-state index contributed by atoms with van der Waals surface area (Å²) in [6.07, 6.45) is 2.63. The lowest BCUT2D eigenvalue weighted by atomic mass is 9.99. The van der Waals surface area contributed by atoms with E-state index in [1.165, 1.54) is 18.6 Å². The average molecular weight is 271 g/mol. The first kappa shape index (κ1) is 12.5. The van der Waals surface area contributed by atoms with Crippen molar-refractivity contribution in [2.75, 3.05) is 0 Å². The van der Waals surface area contributed by atoms with Crippen LogP contribution in [0.4, 0.5) is 0 Å². The minimum Gasteiger partial charge on any atom is -0.472 e. The van der Waals surface area contributed by atoms with Crippen LogP contribution in [0.25, 0.3) is 0 Å². The highest BCUT2D eigenvalue weighted by Crippen LogP contribution is 2.35. The van der Waals surface area contributed by atoms with Crippen LogP contribution in [0.1, 0.15) is 27.4 Å². The summed E-state index contributed by atoms with van der Waals surface area (Å²) in [4.78, 5) is 23.6. The topological polar surface area (TPSA) is 82.5 Å². The Kier molecular flexibility index (Phi) is 3.02. The van der Waals surface area contributed by atoms with Crippen LogP contribution in [0.3, 0.4) is 0 Å².